The average Bonchev–Trinajstić information content (AvgIpc) is 2.93. The molecule has 3 atom stereocenters. The first kappa shape index (κ1) is 10.1. The summed E-state index contributed by atoms with van der Waals surface area (Å²) in [4.78, 5) is 25.7. The lowest BCUT2D eigenvalue weighted by atomic mass is 9.82. The second-order valence-electron chi connectivity index (χ2n) is 5.34. The van der Waals surface area contributed by atoms with Gasteiger partial charge in [0.05, 0.1) is 6.04 Å². The van der Waals surface area contributed by atoms with E-state index in [2.05, 4.69) is 5.32 Å². The number of para-hydroxylation sites is 1. The Hall–Kier alpha value is -1.84. The molecule has 2 amide bonds. The number of hydrogen-bond donors (Lipinski definition) is 1. The van der Waals surface area contributed by atoms with Crippen molar-refractivity contribution in [3.8, 4) is 0 Å². The van der Waals surface area contributed by atoms with E-state index in [1.54, 1.807) is 0 Å². The third-order valence-electron chi connectivity index (χ3n) is 4.45. The lowest BCUT2D eigenvalue weighted by molar-refractivity contribution is -0.120. The fourth-order valence-electron chi connectivity index (χ4n) is 3.73. The molecule has 2 saturated heterocycles. The van der Waals surface area contributed by atoms with Crippen LogP contribution >= 0.6 is 0 Å². The van der Waals surface area contributed by atoms with Crippen LogP contribution in [0.2, 0.25) is 0 Å². The van der Waals surface area contributed by atoms with Crippen molar-refractivity contribution in [2.45, 2.75) is 31.3 Å². The van der Waals surface area contributed by atoms with Crippen LogP contribution in [0.1, 0.15) is 30.9 Å². The molecule has 18 heavy (non-hydrogen) atoms. The van der Waals surface area contributed by atoms with E-state index in [1.165, 1.54) is 0 Å². The zero-order valence-electron chi connectivity index (χ0n) is 9.93. The van der Waals surface area contributed by atoms with E-state index in [0.717, 1.165) is 17.7 Å². The van der Waals surface area contributed by atoms with Gasteiger partial charge in [-0.15, -0.1) is 0 Å². The highest BCUT2D eigenvalue weighted by Crippen LogP contribution is 2.48. The fourth-order valence-corrected chi connectivity index (χ4v) is 3.73. The second kappa shape index (κ2) is 3.34. The summed E-state index contributed by atoms with van der Waals surface area (Å²) in [5.41, 5.74) is 2.09. The van der Waals surface area contributed by atoms with Crippen LogP contribution in [-0.4, -0.2) is 17.9 Å². The van der Waals surface area contributed by atoms with E-state index in [0.29, 0.717) is 12.8 Å². The molecule has 0 radical (unpaired) electrons. The molecule has 1 aromatic rings. The van der Waals surface area contributed by atoms with Gasteiger partial charge in [-0.05, 0) is 18.1 Å². The summed E-state index contributed by atoms with van der Waals surface area (Å²) in [6, 6.07) is 8.25. The van der Waals surface area contributed by atoms with Gasteiger partial charge in [-0.25, -0.2) is 0 Å². The van der Waals surface area contributed by atoms with E-state index in [-0.39, 0.29) is 29.8 Å². The van der Waals surface area contributed by atoms with Crippen molar-refractivity contribution < 1.29 is 9.59 Å². The topological polar surface area (TPSA) is 49.4 Å². The zero-order chi connectivity index (χ0) is 12.3. The Kier molecular flexibility index (Phi) is 1.88. The van der Waals surface area contributed by atoms with Crippen LogP contribution in [0.5, 0.6) is 0 Å². The molecule has 3 aliphatic heterocycles. The third kappa shape index (κ3) is 1.15. The molecule has 0 spiro atoms. The van der Waals surface area contributed by atoms with Crippen molar-refractivity contribution in [2.75, 3.05) is 4.90 Å². The Morgan fingerprint density at radius 2 is 2.06 bits per heavy atom. The van der Waals surface area contributed by atoms with Crippen molar-refractivity contribution >= 4 is 17.5 Å². The van der Waals surface area contributed by atoms with E-state index < -0.39 is 0 Å². The number of amides is 2. The van der Waals surface area contributed by atoms with E-state index in [4.69, 9.17) is 0 Å². The minimum absolute atomic E-state index is 0.0980. The number of carbonyl (C=O) groups excluding carboxylic acids is 2. The summed E-state index contributed by atoms with van der Waals surface area (Å²) in [6.07, 6.45) is 2.03. The largest absolute Gasteiger partial charge is 0.349 e. The Bertz CT molecular complexity index is 554. The van der Waals surface area contributed by atoms with Gasteiger partial charge < -0.3 is 10.2 Å². The van der Waals surface area contributed by atoms with Crippen molar-refractivity contribution in [1.82, 2.24) is 5.32 Å². The van der Waals surface area contributed by atoms with Crippen LogP contribution in [0.15, 0.2) is 24.3 Å². The molecule has 92 valence electrons. The highest BCUT2D eigenvalue weighted by atomic mass is 16.2. The van der Waals surface area contributed by atoms with Gasteiger partial charge in [0, 0.05) is 30.5 Å². The molecule has 4 rings (SSSR count). The number of nitrogens with one attached hydrogen (secondary N) is 1. The summed E-state index contributed by atoms with van der Waals surface area (Å²) in [7, 11) is 0. The molecule has 4 nitrogen and oxygen atoms in total. The third-order valence-corrected chi connectivity index (χ3v) is 4.45. The summed E-state index contributed by atoms with van der Waals surface area (Å²) in [5, 5.41) is 3.06. The van der Waals surface area contributed by atoms with Crippen LogP contribution in [-0.2, 0) is 9.59 Å². The van der Waals surface area contributed by atoms with Crippen LogP contribution in [0.3, 0.4) is 0 Å². The van der Waals surface area contributed by atoms with Crippen LogP contribution in [0.4, 0.5) is 5.69 Å². The molecule has 1 N–H and O–H groups in total. The molecule has 2 fully saturated rings. The molecular weight excluding hydrogens is 228 g/mol. The smallest absolute Gasteiger partial charge is 0.227 e. The van der Waals surface area contributed by atoms with E-state index in [9.17, 15) is 9.59 Å². The molecule has 4 heteroatoms. The van der Waals surface area contributed by atoms with Crippen LogP contribution in [0.25, 0.3) is 0 Å². The second-order valence-corrected chi connectivity index (χ2v) is 5.34. The maximum atomic E-state index is 12.1. The maximum absolute atomic E-state index is 12.1. The van der Waals surface area contributed by atoms with E-state index in [1.807, 2.05) is 29.2 Å². The van der Waals surface area contributed by atoms with Gasteiger partial charge in [0.2, 0.25) is 11.8 Å². The zero-order valence-corrected chi connectivity index (χ0v) is 9.93. The number of fused-ring (bicyclic) bond motifs is 6. The Morgan fingerprint density at radius 1 is 1.22 bits per heavy atom. The van der Waals surface area contributed by atoms with Crippen LogP contribution < -0.4 is 10.2 Å². The van der Waals surface area contributed by atoms with Crippen molar-refractivity contribution in [3.63, 3.8) is 0 Å². The monoisotopic (exact) mass is 242 g/mol. The summed E-state index contributed by atoms with van der Waals surface area (Å²) < 4.78 is 0. The predicted molar refractivity (Wildman–Crippen MR) is 65.9 cm³/mol. The lowest BCUT2D eigenvalue weighted by Crippen LogP contribution is -2.45. The number of anilines is 1. The Balaban J connectivity index is 1.91. The SMILES string of the molecule is O=C1CC2C(N1)c1ccccc1N1C(=O)CC[C@@H]21. The number of nitrogens with zero attached hydrogens (tertiary/aromatic N) is 1. The average molecular weight is 242 g/mol. The van der Waals surface area contributed by atoms with Crippen molar-refractivity contribution in [2.24, 2.45) is 5.92 Å². The van der Waals surface area contributed by atoms with Gasteiger partial charge in [-0.2, -0.15) is 0 Å². The lowest BCUT2D eigenvalue weighted by Gasteiger charge is -2.39. The number of carbonyl (C=O) groups is 2. The highest BCUT2D eigenvalue weighted by Gasteiger charge is 2.50. The minimum atomic E-state index is 0.0980. The minimum Gasteiger partial charge on any atom is -0.349 e. The summed E-state index contributed by atoms with van der Waals surface area (Å²) in [5.74, 6) is 0.560. The quantitative estimate of drug-likeness (QED) is 0.747. The van der Waals surface area contributed by atoms with Gasteiger partial charge in [0.25, 0.3) is 0 Å². The first-order chi connectivity index (χ1) is 8.75. The molecule has 3 aliphatic rings. The fraction of sp³-hybridized carbons (Fsp3) is 0.429. The molecule has 2 unspecified atom stereocenters. The molecular formula is C14H14N2O2. The standard InChI is InChI=1S/C14H14N2O2/c17-12-7-9-11-5-6-13(18)16(11)10-4-2-1-3-8(10)14(9)15-12/h1-4,9,11,14H,5-7H2,(H,15,17)/t9?,11-,14?/m0/s1. The van der Waals surface area contributed by atoms with Crippen molar-refractivity contribution in [1.29, 1.82) is 0 Å². The van der Waals surface area contributed by atoms with E-state index >= 15 is 0 Å². The van der Waals surface area contributed by atoms with Gasteiger partial charge in [0.15, 0.2) is 0 Å². The summed E-state index contributed by atoms with van der Waals surface area (Å²) >= 11 is 0. The first-order valence-corrected chi connectivity index (χ1v) is 6.46. The van der Waals surface area contributed by atoms with Gasteiger partial charge in [-0.3, -0.25) is 9.59 Å². The van der Waals surface area contributed by atoms with Gasteiger partial charge >= 0.3 is 0 Å². The number of rotatable bonds is 0. The highest BCUT2D eigenvalue weighted by molar-refractivity contribution is 5.98. The van der Waals surface area contributed by atoms with Gasteiger partial charge in [0.1, 0.15) is 0 Å². The molecule has 1 aromatic carbocycles. The predicted octanol–water partition coefficient (Wildman–Crippen LogP) is 1.37. The Labute approximate surface area is 105 Å². The number of benzene rings is 1. The van der Waals surface area contributed by atoms with Crippen LogP contribution in [0, 0.1) is 5.92 Å². The maximum Gasteiger partial charge on any atom is 0.227 e. The molecule has 0 bridgehead atoms. The molecule has 0 aliphatic carbocycles. The van der Waals surface area contributed by atoms with Gasteiger partial charge in [-0.1, -0.05) is 18.2 Å². The first-order valence-electron chi connectivity index (χ1n) is 6.46. The number of hydrogen-bond acceptors (Lipinski definition) is 2. The molecule has 3 heterocycles. The normalized spacial score (nSPS) is 32.9. The molecule has 0 aromatic heterocycles. The molecule has 0 saturated carbocycles. The summed E-state index contributed by atoms with van der Waals surface area (Å²) in [6.45, 7) is 0. The van der Waals surface area contributed by atoms with Crippen molar-refractivity contribution in [3.05, 3.63) is 29.8 Å². The Morgan fingerprint density at radius 3 is 2.94 bits per heavy atom.